The van der Waals surface area contributed by atoms with Gasteiger partial charge in [-0.05, 0) is 18.1 Å². The zero-order valence-electron chi connectivity index (χ0n) is 11.4. The third kappa shape index (κ3) is 5.44. The maximum atomic E-state index is 11.6. The van der Waals surface area contributed by atoms with E-state index in [0.717, 1.165) is 0 Å². The first-order valence-corrected chi connectivity index (χ1v) is 7.92. The lowest BCUT2D eigenvalue weighted by Gasteiger charge is -2.21. The molecule has 0 bridgehead atoms. The molecular formula is C12H20N2O4S. The van der Waals surface area contributed by atoms with Crippen LogP contribution < -0.4 is 5.32 Å². The number of carbonyl (C=O) groups excluding carboxylic acids is 1. The number of nitrogens with one attached hydrogen (secondary N) is 1. The molecule has 0 aromatic carbocycles. The van der Waals surface area contributed by atoms with Gasteiger partial charge in [0.05, 0.1) is 12.5 Å². The molecular weight excluding hydrogens is 268 g/mol. The molecule has 0 saturated carbocycles. The summed E-state index contributed by atoms with van der Waals surface area (Å²) >= 11 is 0. The second-order valence-electron chi connectivity index (χ2n) is 4.75. The molecule has 108 valence electrons. The van der Waals surface area contributed by atoms with Crippen LogP contribution in [0.3, 0.4) is 0 Å². The van der Waals surface area contributed by atoms with Gasteiger partial charge in [0.1, 0.15) is 0 Å². The van der Waals surface area contributed by atoms with Crippen molar-refractivity contribution in [2.75, 3.05) is 25.9 Å². The maximum Gasteiger partial charge on any atom is 0.287 e. The van der Waals surface area contributed by atoms with Crippen molar-refractivity contribution in [3.63, 3.8) is 0 Å². The van der Waals surface area contributed by atoms with E-state index in [0.29, 0.717) is 6.54 Å². The van der Waals surface area contributed by atoms with Crippen LogP contribution in [0.15, 0.2) is 22.8 Å². The lowest BCUT2D eigenvalue weighted by molar-refractivity contribution is 0.0923. The smallest absolute Gasteiger partial charge is 0.287 e. The van der Waals surface area contributed by atoms with E-state index in [1.54, 1.807) is 12.1 Å². The summed E-state index contributed by atoms with van der Waals surface area (Å²) in [4.78, 5) is 11.6. The van der Waals surface area contributed by atoms with Gasteiger partial charge in [0.2, 0.25) is 10.0 Å². The quantitative estimate of drug-likeness (QED) is 0.809. The van der Waals surface area contributed by atoms with E-state index in [1.165, 1.54) is 16.8 Å². The molecule has 1 aromatic heterocycles. The van der Waals surface area contributed by atoms with Crippen LogP contribution in [0.5, 0.6) is 0 Å². The van der Waals surface area contributed by atoms with Gasteiger partial charge in [0, 0.05) is 19.6 Å². The fourth-order valence-electron chi connectivity index (χ4n) is 1.59. The molecule has 1 N–H and O–H groups in total. The molecule has 0 aliphatic rings. The number of nitrogens with zero attached hydrogens (tertiary/aromatic N) is 1. The van der Waals surface area contributed by atoms with Crippen LogP contribution in [0, 0.1) is 5.92 Å². The fraction of sp³-hybridized carbons (Fsp3) is 0.583. The van der Waals surface area contributed by atoms with Gasteiger partial charge in [-0.2, -0.15) is 0 Å². The molecule has 0 unspecified atom stereocenters. The van der Waals surface area contributed by atoms with Gasteiger partial charge in [0.25, 0.3) is 5.91 Å². The second-order valence-corrected chi connectivity index (χ2v) is 6.73. The molecule has 0 aliphatic carbocycles. The minimum absolute atomic E-state index is 0.217. The second kappa shape index (κ2) is 6.72. The number of hydrogen-bond acceptors (Lipinski definition) is 4. The Bertz CT molecular complexity index is 494. The molecule has 0 atom stereocenters. The summed E-state index contributed by atoms with van der Waals surface area (Å²) in [7, 11) is -3.25. The first-order chi connectivity index (χ1) is 8.80. The van der Waals surface area contributed by atoms with Gasteiger partial charge < -0.3 is 9.73 Å². The van der Waals surface area contributed by atoms with Crippen LogP contribution in [-0.2, 0) is 10.0 Å². The zero-order chi connectivity index (χ0) is 14.5. The molecule has 0 fully saturated rings. The molecule has 1 aromatic rings. The van der Waals surface area contributed by atoms with Gasteiger partial charge in [-0.1, -0.05) is 13.8 Å². The van der Waals surface area contributed by atoms with E-state index < -0.39 is 10.0 Å². The van der Waals surface area contributed by atoms with Crippen molar-refractivity contribution in [1.29, 1.82) is 0 Å². The first-order valence-electron chi connectivity index (χ1n) is 6.07. The van der Waals surface area contributed by atoms with Crippen LogP contribution in [0.25, 0.3) is 0 Å². The summed E-state index contributed by atoms with van der Waals surface area (Å²) in [6, 6.07) is 3.17. The third-order valence-corrected chi connectivity index (χ3v) is 3.70. The highest BCUT2D eigenvalue weighted by molar-refractivity contribution is 7.88. The van der Waals surface area contributed by atoms with Crippen molar-refractivity contribution in [3.05, 3.63) is 24.2 Å². The zero-order valence-corrected chi connectivity index (χ0v) is 12.2. The summed E-state index contributed by atoms with van der Waals surface area (Å²) < 4.78 is 29.4. The molecule has 7 heteroatoms. The van der Waals surface area contributed by atoms with Crippen LogP contribution in [0.2, 0.25) is 0 Å². The molecule has 19 heavy (non-hydrogen) atoms. The summed E-state index contributed by atoms with van der Waals surface area (Å²) in [5, 5.41) is 2.62. The summed E-state index contributed by atoms with van der Waals surface area (Å²) in [6.45, 7) is 4.83. The summed E-state index contributed by atoms with van der Waals surface area (Å²) in [5.41, 5.74) is 0. The average Bonchev–Trinajstić information content (AvgIpc) is 2.79. The Balaban J connectivity index is 2.47. The minimum atomic E-state index is -3.25. The third-order valence-electron chi connectivity index (χ3n) is 2.43. The van der Waals surface area contributed by atoms with Crippen LogP contribution in [0.4, 0.5) is 0 Å². The predicted molar refractivity (Wildman–Crippen MR) is 72.3 cm³/mol. The van der Waals surface area contributed by atoms with E-state index in [4.69, 9.17) is 4.42 Å². The van der Waals surface area contributed by atoms with E-state index in [-0.39, 0.29) is 30.7 Å². The molecule has 1 rings (SSSR count). The van der Waals surface area contributed by atoms with Crippen LogP contribution >= 0.6 is 0 Å². The van der Waals surface area contributed by atoms with E-state index in [1.807, 2.05) is 13.8 Å². The number of amides is 1. The minimum Gasteiger partial charge on any atom is -0.459 e. The lowest BCUT2D eigenvalue weighted by atomic mass is 10.2. The number of rotatable bonds is 7. The average molecular weight is 288 g/mol. The van der Waals surface area contributed by atoms with Gasteiger partial charge in [0.15, 0.2) is 5.76 Å². The normalized spacial score (nSPS) is 12.1. The van der Waals surface area contributed by atoms with Gasteiger partial charge in [-0.15, -0.1) is 0 Å². The van der Waals surface area contributed by atoms with E-state index >= 15 is 0 Å². The number of sulfonamides is 1. The van der Waals surface area contributed by atoms with Crippen molar-refractivity contribution < 1.29 is 17.6 Å². The highest BCUT2D eigenvalue weighted by atomic mass is 32.2. The van der Waals surface area contributed by atoms with Crippen molar-refractivity contribution in [3.8, 4) is 0 Å². The van der Waals surface area contributed by atoms with Gasteiger partial charge in [-0.3, -0.25) is 4.79 Å². The molecule has 1 amide bonds. The first kappa shape index (κ1) is 15.7. The Kier molecular flexibility index (Phi) is 5.56. The Hall–Kier alpha value is -1.34. The lowest BCUT2D eigenvalue weighted by Crippen LogP contribution is -2.39. The Morgan fingerprint density at radius 1 is 1.47 bits per heavy atom. The number of hydrogen-bond donors (Lipinski definition) is 1. The molecule has 0 spiro atoms. The molecule has 0 saturated heterocycles. The Morgan fingerprint density at radius 3 is 2.63 bits per heavy atom. The fourth-order valence-corrected chi connectivity index (χ4v) is 2.58. The van der Waals surface area contributed by atoms with Crippen molar-refractivity contribution in [1.82, 2.24) is 9.62 Å². The predicted octanol–water partition coefficient (Wildman–Crippen LogP) is 0.927. The maximum absolute atomic E-state index is 11.6. The number of furan rings is 1. The van der Waals surface area contributed by atoms with Crippen LogP contribution in [-0.4, -0.2) is 44.5 Å². The van der Waals surface area contributed by atoms with Gasteiger partial charge in [-0.25, -0.2) is 12.7 Å². The topological polar surface area (TPSA) is 79.6 Å². The SMILES string of the molecule is CC(C)CN(CCNC(=O)c1ccco1)S(C)(=O)=O. The molecule has 1 heterocycles. The highest BCUT2D eigenvalue weighted by Gasteiger charge is 2.18. The number of carbonyl (C=O) groups is 1. The van der Waals surface area contributed by atoms with Gasteiger partial charge >= 0.3 is 0 Å². The molecule has 0 aliphatic heterocycles. The van der Waals surface area contributed by atoms with Crippen molar-refractivity contribution >= 4 is 15.9 Å². The van der Waals surface area contributed by atoms with Crippen LogP contribution in [0.1, 0.15) is 24.4 Å². The summed E-state index contributed by atoms with van der Waals surface area (Å²) in [6.07, 6.45) is 2.58. The van der Waals surface area contributed by atoms with Crippen molar-refractivity contribution in [2.24, 2.45) is 5.92 Å². The van der Waals surface area contributed by atoms with Crippen molar-refractivity contribution in [2.45, 2.75) is 13.8 Å². The van der Waals surface area contributed by atoms with E-state index in [9.17, 15) is 13.2 Å². The van der Waals surface area contributed by atoms with E-state index in [2.05, 4.69) is 5.32 Å². The molecule has 6 nitrogen and oxygen atoms in total. The monoisotopic (exact) mass is 288 g/mol. The Labute approximate surface area is 113 Å². The Morgan fingerprint density at radius 2 is 2.16 bits per heavy atom. The largest absolute Gasteiger partial charge is 0.459 e. The summed E-state index contributed by atoms with van der Waals surface area (Å²) in [5.74, 6) is 0.105. The molecule has 0 radical (unpaired) electrons. The highest BCUT2D eigenvalue weighted by Crippen LogP contribution is 2.04. The standard InChI is InChI=1S/C12H20N2O4S/c1-10(2)9-14(19(3,16)17)7-6-13-12(15)11-5-4-8-18-11/h4-5,8,10H,6-7,9H2,1-3H3,(H,13,15).